The summed E-state index contributed by atoms with van der Waals surface area (Å²) in [7, 11) is 3.75. The highest BCUT2D eigenvalue weighted by Gasteiger charge is 2.30. The molecule has 0 saturated carbocycles. The van der Waals surface area contributed by atoms with Gasteiger partial charge >= 0.3 is 11.9 Å². The lowest BCUT2D eigenvalue weighted by Gasteiger charge is -2.24. The molecule has 196 valence electrons. The fraction of sp³-hybridized carbons (Fsp3) is 0.680. The number of aliphatic hydroxyl groups is 2. The van der Waals surface area contributed by atoms with Crippen LogP contribution in [0.5, 0.6) is 0 Å². The molecule has 2 rings (SSSR count). The molecule has 0 spiro atoms. The largest absolute Gasteiger partial charge is 0.465 e. The van der Waals surface area contributed by atoms with E-state index in [1.165, 1.54) is 0 Å². The second-order valence-electron chi connectivity index (χ2n) is 9.00. The summed E-state index contributed by atoms with van der Waals surface area (Å²) < 4.78 is 14.6. The van der Waals surface area contributed by atoms with E-state index in [2.05, 4.69) is 9.97 Å². The molecule has 2 aromatic heterocycles. The fourth-order valence-electron chi connectivity index (χ4n) is 4.37. The van der Waals surface area contributed by atoms with Crippen LogP contribution in [-0.4, -0.2) is 67.7 Å². The summed E-state index contributed by atoms with van der Waals surface area (Å²) in [5, 5.41) is 19.7. The number of carbonyl (C=O) groups excluding carboxylic acids is 2. The third-order valence-electron chi connectivity index (χ3n) is 6.65. The SMILES string of the molecule is CC[C@H](C(=O)OCCCOC(=O)[C@@H](CC)[C@H](CO)Cc1cncn1C)[C@H](CO)Cc1cncn1C. The van der Waals surface area contributed by atoms with E-state index in [0.29, 0.717) is 32.1 Å². The molecule has 2 aromatic rings. The minimum atomic E-state index is -0.431. The van der Waals surface area contributed by atoms with Gasteiger partial charge in [0.05, 0.1) is 37.7 Å². The van der Waals surface area contributed by atoms with E-state index in [1.54, 1.807) is 25.0 Å². The molecule has 0 unspecified atom stereocenters. The van der Waals surface area contributed by atoms with Crippen LogP contribution in [0.1, 0.15) is 44.5 Å². The predicted octanol–water partition coefficient (Wildman–Crippen LogP) is 1.68. The first-order valence-corrected chi connectivity index (χ1v) is 12.3. The van der Waals surface area contributed by atoms with Gasteiger partial charge in [-0.15, -0.1) is 0 Å². The van der Waals surface area contributed by atoms with Gasteiger partial charge in [0.15, 0.2) is 0 Å². The fourth-order valence-corrected chi connectivity index (χ4v) is 4.37. The average molecular weight is 493 g/mol. The van der Waals surface area contributed by atoms with Crippen LogP contribution < -0.4 is 0 Å². The zero-order valence-electron chi connectivity index (χ0n) is 21.3. The van der Waals surface area contributed by atoms with Gasteiger partial charge in [-0.1, -0.05) is 13.8 Å². The molecule has 2 N–H and O–H groups in total. The van der Waals surface area contributed by atoms with Crippen LogP contribution in [0.3, 0.4) is 0 Å². The number of hydrogen-bond donors (Lipinski definition) is 2. The summed E-state index contributed by atoms with van der Waals surface area (Å²) in [5.41, 5.74) is 1.88. The zero-order valence-corrected chi connectivity index (χ0v) is 21.3. The Bertz CT molecular complexity index is 839. The van der Waals surface area contributed by atoms with Crippen LogP contribution in [-0.2, 0) is 46.0 Å². The normalized spacial score (nSPS) is 14.8. The van der Waals surface area contributed by atoms with Gasteiger partial charge in [0.1, 0.15) is 0 Å². The number of hydrogen-bond acceptors (Lipinski definition) is 8. The van der Waals surface area contributed by atoms with Crippen molar-refractivity contribution < 1.29 is 29.3 Å². The van der Waals surface area contributed by atoms with Crippen LogP contribution >= 0.6 is 0 Å². The quantitative estimate of drug-likeness (QED) is 0.268. The van der Waals surface area contributed by atoms with Crippen LogP contribution in [0.25, 0.3) is 0 Å². The van der Waals surface area contributed by atoms with E-state index >= 15 is 0 Å². The molecule has 2 heterocycles. The molecule has 0 radical (unpaired) electrons. The summed E-state index contributed by atoms with van der Waals surface area (Å²) in [5.74, 6) is -2.11. The third-order valence-corrected chi connectivity index (χ3v) is 6.65. The van der Waals surface area contributed by atoms with Crippen LogP contribution in [0.4, 0.5) is 0 Å². The molecule has 0 bridgehead atoms. The molecule has 35 heavy (non-hydrogen) atoms. The van der Waals surface area contributed by atoms with E-state index in [1.807, 2.05) is 37.1 Å². The molecule has 10 nitrogen and oxygen atoms in total. The number of aromatic nitrogens is 4. The Kier molecular flexibility index (Phi) is 11.9. The van der Waals surface area contributed by atoms with E-state index in [-0.39, 0.29) is 50.2 Å². The van der Waals surface area contributed by atoms with Gasteiger partial charge in [-0.2, -0.15) is 0 Å². The number of esters is 2. The number of ether oxygens (including phenoxy) is 2. The van der Waals surface area contributed by atoms with Crippen molar-refractivity contribution in [2.45, 2.75) is 46.0 Å². The van der Waals surface area contributed by atoms with Crippen molar-refractivity contribution in [2.24, 2.45) is 37.8 Å². The number of aryl methyl sites for hydroxylation is 2. The predicted molar refractivity (Wildman–Crippen MR) is 129 cm³/mol. The highest BCUT2D eigenvalue weighted by Crippen LogP contribution is 2.23. The zero-order chi connectivity index (χ0) is 25.8. The van der Waals surface area contributed by atoms with Crippen molar-refractivity contribution in [3.05, 3.63) is 36.4 Å². The summed E-state index contributed by atoms with van der Waals surface area (Å²) in [6, 6.07) is 0. The molecular formula is C25H40N4O6. The number of aliphatic hydroxyl groups excluding tert-OH is 2. The maximum Gasteiger partial charge on any atom is 0.309 e. The standard InChI is InChI=1S/C25H40N4O6/c1-5-22(18(14-30)10-20-12-26-16-28(20)3)24(32)34-8-7-9-35-25(33)23(6-2)19(15-31)11-21-13-27-17-29(21)4/h12-13,16-19,22-23,30-31H,5-11,14-15H2,1-4H3/t18-,19-,22-,23-/m0/s1. The Balaban J connectivity index is 1.78. The van der Waals surface area contributed by atoms with Crippen molar-refractivity contribution >= 4 is 11.9 Å². The Hall–Kier alpha value is -2.72. The molecule has 0 aromatic carbocycles. The Morgan fingerprint density at radius 1 is 0.829 bits per heavy atom. The molecule has 0 saturated heterocycles. The first kappa shape index (κ1) is 28.5. The number of carbonyl (C=O) groups is 2. The summed E-state index contributed by atoms with van der Waals surface area (Å²) in [6.45, 7) is 3.80. The first-order chi connectivity index (χ1) is 16.9. The third kappa shape index (κ3) is 8.17. The summed E-state index contributed by atoms with van der Waals surface area (Å²) in [4.78, 5) is 33.5. The van der Waals surface area contributed by atoms with E-state index in [9.17, 15) is 19.8 Å². The second kappa shape index (κ2) is 14.6. The molecular weight excluding hydrogens is 452 g/mol. The molecule has 0 fully saturated rings. The maximum atomic E-state index is 12.6. The molecule has 4 atom stereocenters. The van der Waals surface area contributed by atoms with Gasteiger partial charge in [-0.3, -0.25) is 9.59 Å². The Labute approximate surface area is 207 Å². The molecule has 0 aliphatic heterocycles. The van der Waals surface area contributed by atoms with Crippen molar-refractivity contribution in [3.8, 4) is 0 Å². The monoisotopic (exact) mass is 492 g/mol. The molecule has 10 heteroatoms. The highest BCUT2D eigenvalue weighted by molar-refractivity contribution is 5.73. The molecule has 0 aliphatic rings. The smallest absolute Gasteiger partial charge is 0.309 e. The minimum Gasteiger partial charge on any atom is -0.465 e. The number of rotatable bonds is 16. The molecule has 0 amide bonds. The van der Waals surface area contributed by atoms with Crippen LogP contribution in [0.2, 0.25) is 0 Å². The number of imidazole rings is 2. The summed E-state index contributed by atoms with van der Waals surface area (Å²) >= 11 is 0. The highest BCUT2D eigenvalue weighted by atomic mass is 16.5. The van der Waals surface area contributed by atoms with E-state index in [4.69, 9.17) is 9.47 Å². The van der Waals surface area contributed by atoms with Crippen molar-refractivity contribution in [1.29, 1.82) is 0 Å². The second-order valence-corrected chi connectivity index (χ2v) is 9.00. The minimum absolute atomic E-state index is 0.125. The Morgan fingerprint density at radius 2 is 1.23 bits per heavy atom. The van der Waals surface area contributed by atoms with Crippen LogP contribution in [0.15, 0.2) is 25.0 Å². The lowest BCUT2D eigenvalue weighted by Crippen LogP contribution is -2.31. The van der Waals surface area contributed by atoms with Crippen LogP contribution in [0, 0.1) is 23.7 Å². The van der Waals surface area contributed by atoms with E-state index < -0.39 is 11.8 Å². The maximum absolute atomic E-state index is 12.6. The van der Waals surface area contributed by atoms with Gasteiger partial charge in [0.2, 0.25) is 0 Å². The number of nitrogens with zero attached hydrogens (tertiary/aromatic N) is 4. The average Bonchev–Trinajstić information content (AvgIpc) is 3.45. The lowest BCUT2D eigenvalue weighted by atomic mass is 9.87. The van der Waals surface area contributed by atoms with Gasteiger partial charge in [0.25, 0.3) is 0 Å². The Morgan fingerprint density at radius 3 is 1.51 bits per heavy atom. The van der Waals surface area contributed by atoms with Gasteiger partial charge in [-0.25, -0.2) is 9.97 Å². The van der Waals surface area contributed by atoms with Crippen molar-refractivity contribution in [1.82, 2.24) is 19.1 Å². The molecule has 0 aliphatic carbocycles. The van der Waals surface area contributed by atoms with Crippen molar-refractivity contribution in [2.75, 3.05) is 26.4 Å². The van der Waals surface area contributed by atoms with Crippen molar-refractivity contribution in [3.63, 3.8) is 0 Å². The van der Waals surface area contributed by atoms with Gasteiger partial charge < -0.3 is 28.8 Å². The topological polar surface area (TPSA) is 129 Å². The van der Waals surface area contributed by atoms with Gasteiger partial charge in [0, 0.05) is 69.3 Å². The van der Waals surface area contributed by atoms with Gasteiger partial charge in [-0.05, 0) is 25.7 Å². The first-order valence-electron chi connectivity index (χ1n) is 12.3. The lowest BCUT2D eigenvalue weighted by molar-refractivity contribution is -0.154. The summed E-state index contributed by atoms with van der Waals surface area (Å²) in [6.07, 6.45) is 9.38. The van der Waals surface area contributed by atoms with E-state index in [0.717, 1.165) is 11.4 Å².